The summed E-state index contributed by atoms with van der Waals surface area (Å²) in [6, 6.07) is 5.22. The smallest absolute Gasteiger partial charge is 0.226 e. The Morgan fingerprint density at radius 1 is 1.61 bits per heavy atom. The van der Waals surface area contributed by atoms with Crippen molar-refractivity contribution in [3.05, 3.63) is 28.6 Å². The second kappa shape index (κ2) is 5.48. The van der Waals surface area contributed by atoms with E-state index in [0.717, 1.165) is 16.6 Å². The van der Waals surface area contributed by atoms with Gasteiger partial charge in [-0.25, -0.2) is 4.98 Å². The minimum atomic E-state index is -0.0353. The van der Waals surface area contributed by atoms with E-state index in [0.29, 0.717) is 17.2 Å². The lowest BCUT2D eigenvalue weighted by atomic mass is 10.3. The number of hydrogen-bond donors (Lipinski definition) is 1. The van der Waals surface area contributed by atoms with E-state index in [1.54, 1.807) is 18.2 Å². The number of fused-ring (bicyclic) bond motifs is 1. The van der Waals surface area contributed by atoms with E-state index in [2.05, 4.69) is 20.3 Å². The summed E-state index contributed by atoms with van der Waals surface area (Å²) in [4.78, 5) is 18.5. The number of aromatic nitrogens is 1. The van der Waals surface area contributed by atoms with Gasteiger partial charge in [0.25, 0.3) is 0 Å². The summed E-state index contributed by atoms with van der Waals surface area (Å²) >= 11 is 1.37. The molecule has 7 heteroatoms. The molecule has 1 aromatic carbocycles. The van der Waals surface area contributed by atoms with Gasteiger partial charge in [-0.1, -0.05) is 29.4 Å². The predicted octanol–water partition coefficient (Wildman–Crippen LogP) is 3.98. The predicted molar refractivity (Wildman–Crippen MR) is 72.0 cm³/mol. The number of nitrogens with zero attached hydrogens (tertiary/aromatic N) is 4. The molecule has 1 amide bonds. The van der Waals surface area contributed by atoms with Crippen molar-refractivity contribution in [1.82, 2.24) is 4.98 Å². The lowest BCUT2D eigenvalue weighted by Gasteiger charge is -1.97. The first-order chi connectivity index (χ1) is 8.72. The van der Waals surface area contributed by atoms with Crippen molar-refractivity contribution in [3.63, 3.8) is 0 Å². The first-order valence-electron chi connectivity index (χ1n) is 5.48. The molecule has 0 atom stereocenters. The molecular weight excluding hydrogens is 250 g/mol. The van der Waals surface area contributed by atoms with Gasteiger partial charge in [-0.2, -0.15) is 0 Å². The van der Waals surface area contributed by atoms with E-state index in [4.69, 9.17) is 5.53 Å². The Balaban J connectivity index is 2.26. The fourth-order valence-electron chi connectivity index (χ4n) is 1.49. The standard InChI is InChI=1S/C11H11N5OS/c1-2-3-10(17)14-11-13-8-5-4-7(15-16-12)6-9(8)18-11/h4-6H,2-3H2,1H3,(H,13,14,17). The third-order valence-corrected chi connectivity index (χ3v) is 3.19. The van der Waals surface area contributed by atoms with Crippen molar-refractivity contribution in [2.24, 2.45) is 5.11 Å². The maximum atomic E-state index is 11.4. The molecule has 0 fully saturated rings. The van der Waals surface area contributed by atoms with Crippen molar-refractivity contribution in [3.8, 4) is 0 Å². The molecule has 0 aliphatic carbocycles. The van der Waals surface area contributed by atoms with Crippen LogP contribution in [0.5, 0.6) is 0 Å². The molecule has 0 aliphatic rings. The number of benzene rings is 1. The first kappa shape index (κ1) is 12.3. The van der Waals surface area contributed by atoms with Crippen LogP contribution in [-0.2, 0) is 4.79 Å². The number of amides is 1. The monoisotopic (exact) mass is 261 g/mol. The molecular formula is C11H11N5OS. The van der Waals surface area contributed by atoms with Crippen molar-refractivity contribution < 1.29 is 4.79 Å². The van der Waals surface area contributed by atoms with Crippen molar-refractivity contribution in [1.29, 1.82) is 0 Å². The summed E-state index contributed by atoms with van der Waals surface area (Å²) in [5.41, 5.74) is 9.69. The van der Waals surface area contributed by atoms with Gasteiger partial charge in [0.1, 0.15) is 0 Å². The van der Waals surface area contributed by atoms with Gasteiger partial charge in [-0.3, -0.25) is 4.79 Å². The second-order valence-electron chi connectivity index (χ2n) is 3.66. The van der Waals surface area contributed by atoms with Gasteiger partial charge in [0, 0.05) is 17.0 Å². The Labute approximate surface area is 107 Å². The number of carbonyl (C=O) groups is 1. The molecule has 0 aliphatic heterocycles. The quantitative estimate of drug-likeness (QED) is 0.512. The first-order valence-corrected chi connectivity index (χ1v) is 6.30. The van der Waals surface area contributed by atoms with Crippen LogP contribution in [0.1, 0.15) is 19.8 Å². The zero-order valence-electron chi connectivity index (χ0n) is 9.75. The van der Waals surface area contributed by atoms with Crippen molar-refractivity contribution >= 4 is 38.3 Å². The Bertz CT molecular complexity index is 629. The normalized spacial score (nSPS) is 10.1. The van der Waals surface area contributed by atoms with Crippen LogP contribution in [0.2, 0.25) is 0 Å². The summed E-state index contributed by atoms with van der Waals surface area (Å²) in [6.07, 6.45) is 1.29. The highest BCUT2D eigenvalue weighted by Crippen LogP contribution is 2.29. The fraction of sp³-hybridized carbons (Fsp3) is 0.273. The van der Waals surface area contributed by atoms with Gasteiger partial charge in [0.15, 0.2) is 5.13 Å². The number of rotatable bonds is 4. The molecule has 1 N–H and O–H groups in total. The van der Waals surface area contributed by atoms with Gasteiger partial charge >= 0.3 is 0 Å². The lowest BCUT2D eigenvalue weighted by molar-refractivity contribution is -0.116. The summed E-state index contributed by atoms with van der Waals surface area (Å²) < 4.78 is 0.881. The highest BCUT2D eigenvalue weighted by Gasteiger charge is 2.07. The number of azide groups is 1. The van der Waals surface area contributed by atoms with Crippen molar-refractivity contribution in [2.75, 3.05) is 5.32 Å². The van der Waals surface area contributed by atoms with Crippen LogP contribution < -0.4 is 5.32 Å². The van der Waals surface area contributed by atoms with Crippen LogP contribution in [-0.4, -0.2) is 10.9 Å². The highest BCUT2D eigenvalue weighted by atomic mass is 32.1. The topological polar surface area (TPSA) is 90.8 Å². The fourth-order valence-corrected chi connectivity index (χ4v) is 2.40. The van der Waals surface area contributed by atoms with Crippen LogP contribution in [0.25, 0.3) is 20.7 Å². The molecule has 0 spiro atoms. The minimum Gasteiger partial charge on any atom is -0.302 e. The van der Waals surface area contributed by atoms with Crippen molar-refractivity contribution in [2.45, 2.75) is 19.8 Å². The maximum Gasteiger partial charge on any atom is 0.226 e. The van der Waals surface area contributed by atoms with Gasteiger partial charge < -0.3 is 5.32 Å². The van der Waals surface area contributed by atoms with Crippen LogP contribution in [0.4, 0.5) is 10.8 Å². The van der Waals surface area contributed by atoms with E-state index >= 15 is 0 Å². The molecule has 0 saturated heterocycles. The van der Waals surface area contributed by atoms with E-state index in [-0.39, 0.29) is 5.91 Å². The molecule has 2 aromatic rings. The number of hydrogen-bond acceptors (Lipinski definition) is 4. The van der Waals surface area contributed by atoms with E-state index < -0.39 is 0 Å². The summed E-state index contributed by atoms with van der Waals surface area (Å²) in [7, 11) is 0. The van der Waals surface area contributed by atoms with Gasteiger partial charge in [-0.15, -0.1) is 0 Å². The van der Waals surface area contributed by atoms with Gasteiger partial charge in [-0.05, 0) is 24.1 Å². The molecule has 92 valence electrons. The third-order valence-electron chi connectivity index (χ3n) is 2.26. The number of nitrogens with one attached hydrogen (secondary N) is 1. The molecule has 0 bridgehead atoms. The molecule has 18 heavy (non-hydrogen) atoms. The number of thiazole rings is 1. The van der Waals surface area contributed by atoms with E-state index in [9.17, 15) is 4.79 Å². The molecule has 6 nitrogen and oxygen atoms in total. The van der Waals surface area contributed by atoms with Gasteiger partial charge in [0.05, 0.1) is 10.2 Å². The highest BCUT2D eigenvalue weighted by molar-refractivity contribution is 7.22. The summed E-state index contributed by atoms with van der Waals surface area (Å²) in [5.74, 6) is -0.0353. The molecule has 2 rings (SSSR count). The Kier molecular flexibility index (Phi) is 3.76. The zero-order valence-corrected chi connectivity index (χ0v) is 10.6. The SMILES string of the molecule is CCCC(=O)Nc1nc2ccc(N=[N+]=[N-])cc2s1. The average Bonchev–Trinajstić information content (AvgIpc) is 2.71. The zero-order chi connectivity index (χ0) is 13.0. The third kappa shape index (κ3) is 2.77. The lowest BCUT2D eigenvalue weighted by Crippen LogP contribution is -2.09. The Morgan fingerprint density at radius 3 is 3.17 bits per heavy atom. The Morgan fingerprint density at radius 2 is 2.44 bits per heavy atom. The average molecular weight is 261 g/mol. The van der Waals surface area contributed by atoms with Gasteiger partial charge in [0.2, 0.25) is 5.91 Å². The van der Waals surface area contributed by atoms with Crippen LogP contribution in [0.3, 0.4) is 0 Å². The molecule has 0 saturated carbocycles. The Hall–Kier alpha value is -2.11. The van der Waals surface area contributed by atoms with E-state index in [1.807, 2.05) is 6.92 Å². The number of anilines is 1. The van der Waals surface area contributed by atoms with E-state index in [1.165, 1.54) is 11.3 Å². The number of carbonyl (C=O) groups excluding carboxylic acids is 1. The van der Waals surface area contributed by atoms with Crippen LogP contribution in [0.15, 0.2) is 23.3 Å². The molecule has 1 aromatic heterocycles. The largest absolute Gasteiger partial charge is 0.302 e. The molecule has 1 heterocycles. The maximum absolute atomic E-state index is 11.4. The minimum absolute atomic E-state index is 0.0353. The second-order valence-corrected chi connectivity index (χ2v) is 4.69. The summed E-state index contributed by atoms with van der Waals surface area (Å²) in [5, 5.41) is 6.85. The molecule has 0 unspecified atom stereocenters. The molecule has 0 radical (unpaired) electrons. The summed E-state index contributed by atoms with van der Waals surface area (Å²) in [6.45, 7) is 1.95. The van der Waals surface area contributed by atoms with Crippen LogP contribution >= 0.6 is 11.3 Å². The van der Waals surface area contributed by atoms with Crippen LogP contribution in [0, 0.1) is 0 Å².